The standard InChI is InChI=1S/C24H24FN3O4S/c1-32-20-14-17(27-11-5-2-6-12-27)10-9-16(20)13-21-23(30)28(24(31)33-21)15-22(29)26-19-8-4-3-7-18(19)25/h3-4,7-10,13-14H,2,5-6,11-12,15H2,1H3,(H,26,29)/b21-13-. The summed E-state index contributed by atoms with van der Waals surface area (Å²) in [5.74, 6) is -1.23. The predicted octanol–water partition coefficient (Wildman–Crippen LogP) is 4.50. The average molecular weight is 470 g/mol. The molecule has 0 aliphatic carbocycles. The zero-order chi connectivity index (χ0) is 23.4. The highest BCUT2D eigenvalue weighted by Crippen LogP contribution is 2.35. The minimum atomic E-state index is -0.660. The maximum atomic E-state index is 13.7. The Morgan fingerprint density at radius 1 is 1.15 bits per heavy atom. The Kier molecular flexibility index (Phi) is 6.98. The molecule has 2 aliphatic heterocycles. The second-order valence-electron chi connectivity index (χ2n) is 7.77. The number of amides is 3. The second kappa shape index (κ2) is 10.1. The van der Waals surface area contributed by atoms with Crippen molar-refractivity contribution in [3.63, 3.8) is 0 Å². The van der Waals surface area contributed by atoms with Gasteiger partial charge in [-0.15, -0.1) is 0 Å². The van der Waals surface area contributed by atoms with E-state index in [4.69, 9.17) is 4.74 Å². The minimum absolute atomic E-state index is 0.0106. The van der Waals surface area contributed by atoms with Crippen LogP contribution in [0.15, 0.2) is 47.4 Å². The molecule has 7 nitrogen and oxygen atoms in total. The Bertz CT molecular complexity index is 1110. The highest BCUT2D eigenvalue weighted by molar-refractivity contribution is 8.18. The van der Waals surface area contributed by atoms with Crippen LogP contribution >= 0.6 is 11.8 Å². The van der Waals surface area contributed by atoms with E-state index in [1.807, 2.05) is 18.2 Å². The summed E-state index contributed by atoms with van der Waals surface area (Å²) in [5.41, 5.74) is 1.71. The Balaban J connectivity index is 1.48. The van der Waals surface area contributed by atoms with Crippen LogP contribution in [0, 0.1) is 5.82 Å². The third-order valence-corrected chi connectivity index (χ3v) is 6.46. The van der Waals surface area contributed by atoms with Gasteiger partial charge in [0.25, 0.3) is 11.1 Å². The number of thioether (sulfide) groups is 1. The first-order chi connectivity index (χ1) is 16.0. The van der Waals surface area contributed by atoms with E-state index in [2.05, 4.69) is 10.2 Å². The van der Waals surface area contributed by atoms with Gasteiger partial charge in [0.2, 0.25) is 5.91 Å². The molecule has 33 heavy (non-hydrogen) atoms. The maximum absolute atomic E-state index is 13.7. The molecule has 2 aliphatic rings. The van der Waals surface area contributed by atoms with E-state index in [0.717, 1.165) is 48.3 Å². The number of nitrogens with one attached hydrogen (secondary N) is 1. The minimum Gasteiger partial charge on any atom is -0.496 e. The van der Waals surface area contributed by atoms with Crippen molar-refractivity contribution in [2.45, 2.75) is 19.3 Å². The summed E-state index contributed by atoms with van der Waals surface area (Å²) in [6, 6.07) is 11.5. The summed E-state index contributed by atoms with van der Waals surface area (Å²) in [5, 5.41) is 1.83. The number of carbonyl (C=O) groups excluding carboxylic acids is 3. The lowest BCUT2D eigenvalue weighted by molar-refractivity contribution is -0.127. The monoisotopic (exact) mass is 469 g/mol. The van der Waals surface area contributed by atoms with Crippen LogP contribution in [0.5, 0.6) is 5.75 Å². The Morgan fingerprint density at radius 2 is 1.91 bits per heavy atom. The fourth-order valence-electron chi connectivity index (χ4n) is 3.84. The van der Waals surface area contributed by atoms with Gasteiger partial charge < -0.3 is 15.0 Å². The number of methoxy groups -OCH3 is 1. The third-order valence-electron chi connectivity index (χ3n) is 5.55. The van der Waals surface area contributed by atoms with Crippen molar-refractivity contribution in [1.29, 1.82) is 0 Å². The number of nitrogens with zero attached hydrogens (tertiary/aromatic N) is 2. The lowest BCUT2D eigenvalue weighted by Crippen LogP contribution is -2.36. The highest BCUT2D eigenvalue weighted by Gasteiger charge is 2.36. The number of imide groups is 1. The van der Waals surface area contributed by atoms with Gasteiger partial charge in [0.05, 0.1) is 17.7 Å². The van der Waals surface area contributed by atoms with Crippen molar-refractivity contribution < 1.29 is 23.5 Å². The molecule has 2 saturated heterocycles. The van der Waals surface area contributed by atoms with Crippen molar-refractivity contribution in [2.75, 3.05) is 37.0 Å². The molecule has 0 unspecified atom stereocenters. The topological polar surface area (TPSA) is 79.0 Å². The lowest BCUT2D eigenvalue weighted by atomic mass is 10.1. The number of piperidine rings is 1. The van der Waals surface area contributed by atoms with E-state index < -0.39 is 29.4 Å². The lowest BCUT2D eigenvalue weighted by Gasteiger charge is -2.29. The van der Waals surface area contributed by atoms with Crippen molar-refractivity contribution >= 4 is 46.3 Å². The number of hydrogen-bond donors (Lipinski definition) is 1. The molecule has 0 atom stereocenters. The van der Waals surface area contributed by atoms with E-state index in [1.165, 1.54) is 24.6 Å². The molecule has 172 valence electrons. The molecule has 2 aromatic rings. The number of benzene rings is 2. The number of ether oxygens (including phenoxy) is 1. The molecule has 2 heterocycles. The molecule has 9 heteroatoms. The normalized spacial score (nSPS) is 17.6. The Morgan fingerprint density at radius 3 is 2.64 bits per heavy atom. The molecule has 2 fully saturated rings. The first-order valence-electron chi connectivity index (χ1n) is 10.7. The van der Waals surface area contributed by atoms with E-state index in [1.54, 1.807) is 19.3 Å². The molecular weight excluding hydrogens is 445 g/mol. The van der Waals surface area contributed by atoms with Gasteiger partial charge in [0.1, 0.15) is 18.1 Å². The molecule has 4 rings (SSSR count). The second-order valence-corrected chi connectivity index (χ2v) is 8.76. The van der Waals surface area contributed by atoms with Gasteiger partial charge in [-0.1, -0.05) is 12.1 Å². The Labute approximate surface area is 195 Å². The zero-order valence-electron chi connectivity index (χ0n) is 18.2. The molecular formula is C24H24FN3O4S. The summed E-state index contributed by atoms with van der Waals surface area (Å²) in [4.78, 5) is 40.8. The third kappa shape index (κ3) is 5.19. The highest BCUT2D eigenvalue weighted by atomic mass is 32.2. The summed E-state index contributed by atoms with van der Waals surface area (Å²) in [6.45, 7) is 1.49. The largest absolute Gasteiger partial charge is 0.496 e. The van der Waals surface area contributed by atoms with Crippen LogP contribution < -0.4 is 15.0 Å². The number of anilines is 2. The number of hydrogen-bond acceptors (Lipinski definition) is 6. The predicted molar refractivity (Wildman–Crippen MR) is 127 cm³/mol. The maximum Gasteiger partial charge on any atom is 0.294 e. The van der Waals surface area contributed by atoms with Gasteiger partial charge in [-0.25, -0.2) is 4.39 Å². The SMILES string of the molecule is COc1cc(N2CCCCC2)ccc1/C=C1\SC(=O)N(CC(=O)Nc2ccccc2F)C1=O. The van der Waals surface area contributed by atoms with E-state index >= 15 is 0 Å². The average Bonchev–Trinajstić information content (AvgIpc) is 3.08. The fourth-order valence-corrected chi connectivity index (χ4v) is 4.67. The Hall–Kier alpha value is -3.33. The van der Waals surface area contributed by atoms with Crippen LogP contribution in [0.2, 0.25) is 0 Å². The van der Waals surface area contributed by atoms with Crippen LogP contribution in [0.3, 0.4) is 0 Å². The van der Waals surface area contributed by atoms with Crippen molar-refractivity contribution in [2.24, 2.45) is 0 Å². The quantitative estimate of drug-likeness (QED) is 0.628. The van der Waals surface area contributed by atoms with Crippen LogP contribution in [-0.2, 0) is 9.59 Å². The van der Waals surface area contributed by atoms with Crippen molar-refractivity contribution in [3.05, 3.63) is 58.8 Å². The van der Waals surface area contributed by atoms with Crippen LogP contribution in [-0.4, -0.2) is 48.7 Å². The molecule has 3 amide bonds. The van der Waals surface area contributed by atoms with Crippen LogP contribution in [0.1, 0.15) is 24.8 Å². The van der Waals surface area contributed by atoms with E-state index in [9.17, 15) is 18.8 Å². The molecule has 2 aromatic carbocycles. The van der Waals surface area contributed by atoms with Crippen LogP contribution in [0.25, 0.3) is 6.08 Å². The summed E-state index contributed by atoms with van der Waals surface area (Å²) in [7, 11) is 1.56. The van der Waals surface area contributed by atoms with Gasteiger partial charge in [0.15, 0.2) is 0 Å². The molecule has 1 N–H and O–H groups in total. The van der Waals surface area contributed by atoms with E-state index in [-0.39, 0.29) is 10.6 Å². The number of halogens is 1. The first-order valence-corrected chi connectivity index (χ1v) is 11.5. The van der Waals surface area contributed by atoms with Gasteiger partial charge >= 0.3 is 0 Å². The summed E-state index contributed by atoms with van der Waals surface area (Å²) >= 11 is 0.758. The van der Waals surface area contributed by atoms with Gasteiger partial charge in [-0.05, 0) is 61.4 Å². The number of carbonyl (C=O) groups is 3. The van der Waals surface area contributed by atoms with Crippen LogP contribution in [0.4, 0.5) is 20.6 Å². The number of para-hydroxylation sites is 1. The van der Waals surface area contributed by atoms with Crippen molar-refractivity contribution in [1.82, 2.24) is 4.90 Å². The van der Waals surface area contributed by atoms with E-state index in [0.29, 0.717) is 11.3 Å². The fraction of sp³-hybridized carbons (Fsp3) is 0.292. The molecule has 0 spiro atoms. The first kappa shape index (κ1) is 22.8. The molecule has 0 bridgehead atoms. The smallest absolute Gasteiger partial charge is 0.294 e. The number of rotatable bonds is 6. The van der Waals surface area contributed by atoms with Gasteiger partial charge in [-0.3, -0.25) is 19.3 Å². The molecule has 0 radical (unpaired) electrons. The van der Waals surface area contributed by atoms with Crippen molar-refractivity contribution in [3.8, 4) is 5.75 Å². The van der Waals surface area contributed by atoms with Gasteiger partial charge in [-0.2, -0.15) is 0 Å². The summed E-state index contributed by atoms with van der Waals surface area (Å²) < 4.78 is 19.3. The van der Waals surface area contributed by atoms with Gasteiger partial charge in [0, 0.05) is 30.4 Å². The zero-order valence-corrected chi connectivity index (χ0v) is 19.0. The molecule has 0 saturated carbocycles. The molecule has 0 aromatic heterocycles. The summed E-state index contributed by atoms with van der Waals surface area (Å²) in [6.07, 6.45) is 5.14.